The molecule has 0 aromatic heterocycles. The molecule has 0 amide bonds. The number of aliphatic hydroxyl groups is 1. The molecule has 0 aromatic rings. The summed E-state index contributed by atoms with van der Waals surface area (Å²) in [7, 11) is 1.37. The summed E-state index contributed by atoms with van der Waals surface area (Å²) in [5.41, 5.74) is 0.663. The average Bonchev–Trinajstić information content (AvgIpc) is 2.74. The first-order valence-corrected chi connectivity index (χ1v) is 7.56. The van der Waals surface area contributed by atoms with Crippen molar-refractivity contribution in [3.8, 4) is 11.8 Å². The summed E-state index contributed by atoms with van der Waals surface area (Å²) < 4.78 is 4.54. The normalized spacial score (nSPS) is 23.0. The van der Waals surface area contributed by atoms with E-state index in [-0.39, 0.29) is 24.1 Å². The van der Waals surface area contributed by atoms with Crippen LogP contribution in [0.1, 0.15) is 51.9 Å². The van der Waals surface area contributed by atoms with Crippen molar-refractivity contribution in [1.82, 2.24) is 0 Å². The van der Waals surface area contributed by atoms with Crippen LogP contribution in [0.4, 0.5) is 0 Å². The molecule has 0 bridgehead atoms. The van der Waals surface area contributed by atoms with Crippen molar-refractivity contribution < 1.29 is 19.4 Å². The van der Waals surface area contributed by atoms with Gasteiger partial charge < -0.3 is 9.84 Å². The second-order valence-corrected chi connectivity index (χ2v) is 5.29. The van der Waals surface area contributed by atoms with E-state index in [0.717, 1.165) is 19.3 Å². The Morgan fingerprint density at radius 2 is 2.24 bits per heavy atom. The molecule has 4 nitrogen and oxygen atoms in total. The Hall–Kier alpha value is -1.60. The van der Waals surface area contributed by atoms with Crippen LogP contribution in [-0.2, 0) is 14.3 Å². The van der Waals surface area contributed by atoms with E-state index in [9.17, 15) is 14.7 Å². The van der Waals surface area contributed by atoms with E-state index >= 15 is 0 Å². The lowest BCUT2D eigenvalue weighted by Gasteiger charge is -2.13. The maximum absolute atomic E-state index is 11.8. The van der Waals surface area contributed by atoms with E-state index in [0.29, 0.717) is 24.8 Å². The molecule has 4 heteroatoms. The quantitative estimate of drug-likeness (QED) is 0.353. The van der Waals surface area contributed by atoms with Crippen LogP contribution in [0.2, 0.25) is 0 Å². The molecule has 1 fully saturated rings. The molecule has 2 unspecified atom stereocenters. The van der Waals surface area contributed by atoms with E-state index in [1.165, 1.54) is 7.11 Å². The number of unbranched alkanes of at least 4 members (excludes halogenated alkanes) is 2. The lowest BCUT2D eigenvalue weighted by atomic mass is 9.94. The van der Waals surface area contributed by atoms with Gasteiger partial charge in [-0.15, -0.1) is 0 Å². The van der Waals surface area contributed by atoms with Gasteiger partial charge in [0.1, 0.15) is 0 Å². The minimum absolute atomic E-state index is 0.00691. The highest BCUT2D eigenvalue weighted by Gasteiger charge is 2.35. The number of methoxy groups -OCH3 is 1. The second-order valence-electron chi connectivity index (χ2n) is 5.29. The van der Waals surface area contributed by atoms with Crippen LogP contribution in [0.25, 0.3) is 0 Å². The Kier molecular flexibility index (Phi) is 7.78. The molecule has 21 heavy (non-hydrogen) atoms. The van der Waals surface area contributed by atoms with Gasteiger partial charge in [-0.1, -0.05) is 31.6 Å². The zero-order valence-corrected chi connectivity index (χ0v) is 12.9. The van der Waals surface area contributed by atoms with Gasteiger partial charge in [-0.05, 0) is 18.9 Å². The molecule has 116 valence electrons. The minimum Gasteiger partial charge on any atom is -0.469 e. The summed E-state index contributed by atoms with van der Waals surface area (Å²) in [6.45, 7) is 2.09. The first-order chi connectivity index (χ1) is 10.1. The van der Waals surface area contributed by atoms with Gasteiger partial charge in [0.15, 0.2) is 5.78 Å². The highest BCUT2D eigenvalue weighted by Crippen LogP contribution is 2.32. The number of carbonyl (C=O) groups is 2. The molecule has 0 saturated heterocycles. The number of Topliss-reactive ketones (excluding diaryl/α,β-unsaturated/α-hetero) is 1. The van der Waals surface area contributed by atoms with Crippen LogP contribution >= 0.6 is 0 Å². The molecule has 1 aliphatic rings. The predicted octanol–water partition coefficient (Wildman–Crippen LogP) is 2.40. The number of ether oxygens (including phenoxy) is 1. The van der Waals surface area contributed by atoms with Crippen LogP contribution in [0.3, 0.4) is 0 Å². The van der Waals surface area contributed by atoms with E-state index in [4.69, 9.17) is 0 Å². The molecule has 1 saturated carbocycles. The number of rotatable bonds is 6. The van der Waals surface area contributed by atoms with Crippen molar-refractivity contribution in [3.63, 3.8) is 0 Å². The molecule has 0 aromatic carbocycles. The maximum atomic E-state index is 11.8. The second kappa shape index (κ2) is 9.36. The summed E-state index contributed by atoms with van der Waals surface area (Å²) >= 11 is 0. The highest BCUT2D eigenvalue weighted by atomic mass is 16.5. The Morgan fingerprint density at radius 1 is 1.48 bits per heavy atom. The zero-order valence-electron chi connectivity index (χ0n) is 12.9. The van der Waals surface area contributed by atoms with Gasteiger partial charge in [0.2, 0.25) is 0 Å². The summed E-state index contributed by atoms with van der Waals surface area (Å²) in [4.78, 5) is 22.8. The monoisotopic (exact) mass is 292 g/mol. The zero-order chi connectivity index (χ0) is 15.7. The van der Waals surface area contributed by atoms with Gasteiger partial charge in [0.05, 0.1) is 13.2 Å². The molecule has 1 N–H and O–H groups in total. The smallest absolute Gasteiger partial charge is 0.305 e. The molecule has 2 atom stereocenters. The van der Waals surface area contributed by atoms with Gasteiger partial charge in [-0.25, -0.2) is 0 Å². The van der Waals surface area contributed by atoms with Gasteiger partial charge in [0.25, 0.3) is 0 Å². The number of esters is 1. The molecule has 0 aliphatic heterocycles. The Balaban J connectivity index is 2.52. The molecule has 1 aliphatic carbocycles. The van der Waals surface area contributed by atoms with Crippen LogP contribution < -0.4 is 0 Å². The van der Waals surface area contributed by atoms with Crippen molar-refractivity contribution in [2.75, 3.05) is 7.11 Å². The summed E-state index contributed by atoms with van der Waals surface area (Å²) in [6.07, 6.45) is 5.78. The van der Waals surface area contributed by atoms with E-state index in [2.05, 4.69) is 23.5 Å². The van der Waals surface area contributed by atoms with Crippen molar-refractivity contribution in [1.29, 1.82) is 0 Å². The Labute approximate surface area is 126 Å². The Bertz CT molecular complexity index is 453. The fourth-order valence-electron chi connectivity index (χ4n) is 2.45. The highest BCUT2D eigenvalue weighted by molar-refractivity contribution is 5.99. The van der Waals surface area contributed by atoms with Crippen molar-refractivity contribution in [2.24, 2.45) is 5.92 Å². The molecular weight excluding hydrogens is 268 g/mol. The van der Waals surface area contributed by atoms with Gasteiger partial charge >= 0.3 is 5.97 Å². The predicted molar refractivity (Wildman–Crippen MR) is 80.4 cm³/mol. The topological polar surface area (TPSA) is 63.6 Å². The largest absolute Gasteiger partial charge is 0.469 e. The fourth-order valence-corrected chi connectivity index (χ4v) is 2.45. The minimum atomic E-state index is -0.559. The lowest BCUT2D eigenvalue weighted by molar-refractivity contribution is -0.140. The molecule has 0 radical (unpaired) electrons. The third-order valence-corrected chi connectivity index (χ3v) is 3.69. The van der Waals surface area contributed by atoms with Gasteiger partial charge in [-0.2, -0.15) is 0 Å². The van der Waals surface area contributed by atoms with Crippen LogP contribution in [-0.4, -0.2) is 30.1 Å². The number of hydrogen-bond donors (Lipinski definition) is 1. The number of allylic oxidation sites excluding steroid dienone is 1. The van der Waals surface area contributed by atoms with E-state index in [1.807, 2.05) is 0 Å². The SMILES string of the molecule is CCCCC1C(=CC#CCCCC(=O)OC)C(=O)CC1O. The number of aliphatic hydroxyl groups excluding tert-OH is 1. The average molecular weight is 292 g/mol. The van der Waals surface area contributed by atoms with E-state index < -0.39 is 6.10 Å². The summed E-state index contributed by atoms with van der Waals surface area (Å²) in [5.74, 6) is 5.52. The molecular formula is C17H24O4. The molecule has 0 spiro atoms. The van der Waals surface area contributed by atoms with Crippen molar-refractivity contribution in [3.05, 3.63) is 11.6 Å². The third kappa shape index (κ3) is 5.73. The third-order valence-electron chi connectivity index (χ3n) is 3.69. The number of hydrogen-bond acceptors (Lipinski definition) is 4. The number of carbonyl (C=O) groups excluding carboxylic acids is 2. The first-order valence-electron chi connectivity index (χ1n) is 7.56. The number of ketones is 1. The first kappa shape index (κ1) is 17.5. The molecule has 1 rings (SSSR count). The Morgan fingerprint density at radius 3 is 2.90 bits per heavy atom. The van der Waals surface area contributed by atoms with Crippen molar-refractivity contribution >= 4 is 11.8 Å². The summed E-state index contributed by atoms with van der Waals surface area (Å²) in [5, 5.41) is 9.92. The summed E-state index contributed by atoms with van der Waals surface area (Å²) in [6, 6.07) is 0. The van der Waals surface area contributed by atoms with Gasteiger partial charge in [-0.3, -0.25) is 9.59 Å². The van der Waals surface area contributed by atoms with Gasteiger partial charge in [0, 0.05) is 30.8 Å². The fraction of sp³-hybridized carbons (Fsp3) is 0.647. The van der Waals surface area contributed by atoms with Crippen LogP contribution in [0.5, 0.6) is 0 Å². The maximum Gasteiger partial charge on any atom is 0.305 e. The van der Waals surface area contributed by atoms with E-state index in [1.54, 1.807) is 6.08 Å². The van der Waals surface area contributed by atoms with Crippen LogP contribution in [0.15, 0.2) is 11.6 Å². The standard InChI is InChI=1S/C17H24O4/c1-3-4-9-13-14(16(19)12-15(13)18)10-7-5-6-8-11-17(20)21-2/h10,13,15,18H,3-4,6,8-9,11-12H2,1-2H3. The lowest BCUT2D eigenvalue weighted by Crippen LogP contribution is -2.14. The van der Waals surface area contributed by atoms with Crippen molar-refractivity contribution in [2.45, 2.75) is 58.0 Å². The molecule has 0 heterocycles. The van der Waals surface area contributed by atoms with Crippen LogP contribution in [0, 0.1) is 17.8 Å².